The number of piperazine rings is 1. The van der Waals surface area contributed by atoms with Crippen molar-refractivity contribution >= 4 is 33.2 Å². The summed E-state index contributed by atoms with van der Waals surface area (Å²) in [5, 5.41) is 2.98. The minimum Gasteiger partial charge on any atom is -0.340 e. The number of hydrogen-bond donors (Lipinski definition) is 0. The van der Waals surface area contributed by atoms with Crippen LogP contribution in [0.15, 0.2) is 34.1 Å². The number of carbonyl (C=O) groups is 1. The molecule has 1 amide bonds. The number of carbonyl (C=O) groups excluding carboxylic acids is 1. The summed E-state index contributed by atoms with van der Waals surface area (Å²) in [6.45, 7) is 8.46. The fraction of sp³-hybridized carbons (Fsp3) is 0.524. The number of aromatic nitrogens is 1. The van der Waals surface area contributed by atoms with Crippen molar-refractivity contribution in [1.29, 1.82) is 0 Å². The van der Waals surface area contributed by atoms with Crippen molar-refractivity contribution in [2.45, 2.75) is 19.3 Å². The molecule has 1 aromatic heterocycles. The molecule has 2 aliphatic heterocycles. The molecule has 150 valence electrons. The first-order chi connectivity index (χ1) is 13.7. The first kappa shape index (κ1) is 20.0. The molecular weight excluding hydrogens is 436 g/mol. The third kappa shape index (κ3) is 5.20. The highest BCUT2D eigenvalue weighted by Gasteiger charge is 2.22. The lowest BCUT2D eigenvalue weighted by Crippen LogP contribution is -2.50. The van der Waals surface area contributed by atoms with E-state index in [1.165, 1.54) is 32.5 Å². The second-order valence-electron chi connectivity index (χ2n) is 7.60. The van der Waals surface area contributed by atoms with Crippen LogP contribution in [0.2, 0.25) is 0 Å². The summed E-state index contributed by atoms with van der Waals surface area (Å²) in [5.41, 5.74) is 1.96. The highest BCUT2D eigenvalue weighted by atomic mass is 79.9. The third-order valence-corrected chi connectivity index (χ3v) is 7.05. The number of likely N-dealkylation sites (tertiary alicyclic amines) is 1. The standard InChI is InChI=1S/C21H27BrN4OS/c22-18-5-3-4-17(14-18)21-23-19(16-28-21)15-20(27)26-12-10-25(11-13-26)9-8-24-6-1-2-7-24/h3-5,14,16H,1-2,6-13,15H2. The number of halogens is 1. The number of nitrogens with zero attached hydrogens (tertiary/aromatic N) is 4. The Labute approximate surface area is 179 Å². The minimum absolute atomic E-state index is 0.199. The summed E-state index contributed by atoms with van der Waals surface area (Å²) in [5.74, 6) is 0.199. The van der Waals surface area contributed by atoms with Gasteiger partial charge in [-0.3, -0.25) is 9.69 Å². The molecule has 0 bridgehead atoms. The van der Waals surface area contributed by atoms with E-state index in [4.69, 9.17) is 0 Å². The average molecular weight is 463 g/mol. The molecule has 2 aliphatic rings. The van der Waals surface area contributed by atoms with Gasteiger partial charge in [-0.15, -0.1) is 11.3 Å². The second kappa shape index (κ2) is 9.48. The highest BCUT2D eigenvalue weighted by Crippen LogP contribution is 2.26. The van der Waals surface area contributed by atoms with Crippen LogP contribution in [-0.4, -0.2) is 77.9 Å². The van der Waals surface area contributed by atoms with E-state index in [9.17, 15) is 4.79 Å². The molecule has 3 heterocycles. The van der Waals surface area contributed by atoms with Crippen LogP contribution < -0.4 is 0 Å². The minimum atomic E-state index is 0.199. The first-order valence-corrected chi connectivity index (χ1v) is 11.8. The van der Waals surface area contributed by atoms with Crippen LogP contribution in [0.4, 0.5) is 0 Å². The van der Waals surface area contributed by atoms with E-state index in [1.807, 2.05) is 22.4 Å². The topological polar surface area (TPSA) is 39.7 Å². The molecule has 5 nitrogen and oxygen atoms in total. The zero-order chi connectivity index (χ0) is 19.3. The van der Waals surface area contributed by atoms with E-state index in [2.05, 4.69) is 42.8 Å². The van der Waals surface area contributed by atoms with E-state index >= 15 is 0 Å². The van der Waals surface area contributed by atoms with Crippen LogP contribution in [0, 0.1) is 0 Å². The average Bonchev–Trinajstić information content (AvgIpc) is 3.39. The highest BCUT2D eigenvalue weighted by molar-refractivity contribution is 9.10. The van der Waals surface area contributed by atoms with Crippen LogP contribution in [0.3, 0.4) is 0 Å². The fourth-order valence-corrected chi connectivity index (χ4v) is 5.13. The molecule has 0 spiro atoms. The van der Waals surface area contributed by atoms with Gasteiger partial charge in [0.15, 0.2) is 0 Å². The lowest BCUT2D eigenvalue weighted by molar-refractivity contribution is -0.132. The number of hydrogen-bond acceptors (Lipinski definition) is 5. The van der Waals surface area contributed by atoms with Gasteiger partial charge in [0, 0.05) is 54.7 Å². The molecule has 2 fully saturated rings. The molecule has 28 heavy (non-hydrogen) atoms. The van der Waals surface area contributed by atoms with E-state index in [1.54, 1.807) is 11.3 Å². The number of benzene rings is 1. The van der Waals surface area contributed by atoms with Crippen LogP contribution in [0.1, 0.15) is 18.5 Å². The van der Waals surface area contributed by atoms with Gasteiger partial charge in [0.25, 0.3) is 0 Å². The Bertz CT molecular complexity index is 797. The molecular formula is C21H27BrN4OS. The molecule has 0 aliphatic carbocycles. The molecule has 0 unspecified atom stereocenters. The number of rotatable bonds is 6. The third-order valence-electron chi connectivity index (χ3n) is 5.61. The summed E-state index contributed by atoms with van der Waals surface area (Å²) in [4.78, 5) is 24.4. The Balaban J connectivity index is 1.24. The molecule has 4 rings (SSSR count). The zero-order valence-corrected chi connectivity index (χ0v) is 18.6. The Morgan fingerprint density at radius 1 is 1.04 bits per heavy atom. The fourth-order valence-electron chi connectivity index (χ4n) is 3.92. The van der Waals surface area contributed by atoms with Crippen molar-refractivity contribution in [1.82, 2.24) is 19.7 Å². The van der Waals surface area contributed by atoms with Gasteiger partial charge in [-0.1, -0.05) is 28.1 Å². The quantitative estimate of drug-likeness (QED) is 0.659. The maximum absolute atomic E-state index is 12.7. The smallest absolute Gasteiger partial charge is 0.228 e. The van der Waals surface area contributed by atoms with Gasteiger partial charge >= 0.3 is 0 Å². The predicted molar refractivity (Wildman–Crippen MR) is 118 cm³/mol. The summed E-state index contributed by atoms with van der Waals surface area (Å²) in [7, 11) is 0. The summed E-state index contributed by atoms with van der Waals surface area (Å²) in [6.07, 6.45) is 3.10. The lowest BCUT2D eigenvalue weighted by atomic mass is 10.2. The number of amides is 1. The normalized spacial score (nSPS) is 18.7. The summed E-state index contributed by atoms with van der Waals surface area (Å²) >= 11 is 5.11. The van der Waals surface area contributed by atoms with Gasteiger partial charge < -0.3 is 9.80 Å². The van der Waals surface area contributed by atoms with E-state index in [0.29, 0.717) is 6.42 Å². The van der Waals surface area contributed by atoms with E-state index < -0.39 is 0 Å². The molecule has 0 N–H and O–H groups in total. The predicted octanol–water partition coefficient (Wildman–Crippen LogP) is 3.36. The molecule has 1 aromatic carbocycles. The Morgan fingerprint density at radius 3 is 2.46 bits per heavy atom. The second-order valence-corrected chi connectivity index (χ2v) is 9.38. The zero-order valence-electron chi connectivity index (χ0n) is 16.1. The van der Waals surface area contributed by atoms with Crippen LogP contribution in [0.25, 0.3) is 10.6 Å². The van der Waals surface area contributed by atoms with Gasteiger partial charge in [0.2, 0.25) is 5.91 Å². The van der Waals surface area contributed by atoms with Crippen LogP contribution in [-0.2, 0) is 11.2 Å². The SMILES string of the molecule is O=C(Cc1csc(-c2cccc(Br)c2)n1)N1CCN(CCN2CCCC2)CC1. The summed E-state index contributed by atoms with van der Waals surface area (Å²) in [6, 6.07) is 8.13. The van der Waals surface area contributed by atoms with Gasteiger partial charge in [0.1, 0.15) is 5.01 Å². The molecule has 0 saturated carbocycles. The van der Waals surface area contributed by atoms with Gasteiger partial charge in [0.05, 0.1) is 12.1 Å². The number of thiazole rings is 1. The van der Waals surface area contributed by atoms with Crippen molar-refractivity contribution in [3.63, 3.8) is 0 Å². The molecule has 7 heteroatoms. The van der Waals surface area contributed by atoms with Crippen molar-refractivity contribution < 1.29 is 4.79 Å². The van der Waals surface area contributed by atoms with Crippen LogP contribution in [0.5, 0.6) is 0 Å². The Morgan fingerprint density at radius 2 is 1.75 bits per heavy atom. The Kier molecular flexibility index (Phi) is 6.77. The van der Waals surface area contributed by atoms with Crippen molar-refractivity contribution in [2.75, 3.05) is 52.4 Å². The first-order valence-electron chi connectivity index (χ1n) is 10.1. The molecule has 2 aromatic rings. The summed E-state index contributed by atoms with van der Waals surface area (Å²) < 4.78 is 1.04. The van der Waals surface area contributed by atoms with E-state index in [0.717, 1.165) is 53.5 Å². The van der Waals surface area contributed by atoms with Crippen molar-refractivity contribution in [3.05, 3.63) is 39.8 Å². The molecule has 0 atom stereocenters. The van der Waals surface area contributed by atoms with Gasteiger partial charge in [-0.25, -0.2) is 4.98 Å². The monoisotopic (exact) mass is 462 g/mol. The molecule has 0 radical (unpaired) electrons. The lowest BCUT2D eigenvalue weighted by Gasteiger charge is -2.35. The maximum Gasteiger partial charge on any atom is 0.228 e. The van der Waals surface area contributed by atoms with Crippen molar-refractivity contribution in [3.8, 4) is 10.6 Å². The maximum atomic E-state index is 12.7. The molecule has 2 saturated heterocycles. The Hall–Kier alpha value is -1.28. The van der Waals surface area contributed by atoms with Gasteiger partial charge in [-0.2, -0.15) is 0 Å². The van der Waals surface area contributed by atoms with E-state index in [-0.39, 0.29) is 5.91 Å². The largest absolute Gasteiger partial charge is 0.340 e. The van der Waals surface area contributed by atoms with Crippen LogP contribution >= 0.6 is 27.3 Å². The van der Waals surface area contributed by atoms with Crippen molar-refractivity contribution in [2.24, 2.45) is 0 Å². The van der Waals surface area contributed by atoms with Gasteiger partial charge in [-0.05, 0) is 38.1 Å².